The van der Waals surface area contributed by atoms with Gasteiger partial charge in [0.25, 0.3) is 0 Å². The summed E-state index contributed by atoms with van der Waals surface area (Å²) >= 11 is 0. The van der Waals surface area contributed by atoms with Crippen LogP contribution in [-0.2, 0) is 18.7 Å². The first-order chi connectivity index (χ1) is 10.5. The predicted octanol–water partition coefficient (Wildman–Crippen LogP) is 5.05. The first kappa shape index (κ1) is 22.2. The van der Waals surface area contributed by atoms with Crippen LogP contribution in [0.4, 0.5) is 0 Å². The van der Waals surface area contributed by atoms with Gasteiger partial charge in [-0.2, -0.15) is 0 Å². The van der Waals surface area contributed by atoms with E-state index in [9.17, 15) is 4.79 Å². The van der Waals surface area contributed by atoms with E-state index in [1.165, 1.54) is 0 Å². The zero-order valence-corrected chi connectivity index (χ0v) is 17.3. The monoisotopic (exact) mass is 344 g/mol. The highest BCUT2D eigenvalue weighted by Gasteiger charge is 2.36. The maximum Gasteiger partial charge on any atom is 0.373 e. The first-order valence-electron chi connectivity index (χ1n) is 8.69. The highest BCUT2D eigenvalue weighted by atomic mass is 28.4. The normalized spacial score (nSPS) is 13.3. The van der Waals surface area contributed by atoms with Gasteiger partial charge in [-0.25, -0.2) is 4.79 Å². The third kappa shape index (κ3) is 9.16. The Labute approximate surface area is 143 Å². The van der Waals surface area contributed by atoms with Crippen molar-refractivity contribution in [3.63, 3.8) is 0 Å². The fraction of sp³-hybridized carbons (Fsp3) is 0.833. The molecule has 0 rings (SSSR count). The second kappa shape index (κ2) is 10.1. The Hall–Kier alpha value is -0.813. The number of allylic oxidation sites excluding steroid dienone is 1. The topological polar surface area (TPSA) is 44.8 Å². The molecule has 0 heterocycles. The summed E-state index contributed by atoms with van der Waals surface area (Å²) in [6.45, 7) is 18.0. The van der Waals surface area contributed by atoms with Gasteiger partial charge in [0.05, 0.1) is 12.7 Å². The number of hydrogen-bond donors (Lipinski definition) is 0. The summed E-state index contributed by atoms with van der Waals surface area (Å²) < 4.78 is 16.7. The van der Waals surface area contributed by atoms with E-state index in [0.29, 0.717) is 12.4 Å². The maximum absolute atomic E-state index is 11.8. The second-order valence-electron chi connectivity index (χ2n) is 7.56. The number of carbonyl (C=O) groups is 1. The van der Waals surface area contributed by atoms with Crippen LogP contribution in [-0.4, -0.2) is 33.6 Å². The number of rotatable bonds is 10. The molecule has 5 heteroatoms. The molecule has 0 aliphatic carbocycles. The van der Waals surface area contributed by atoms with E-state index >= 15 is 0 Å². The zero-order valence-electron chi connectivity index (χ0n) is 16.3. The number of hydrogen-bond acceptors (Lipinski definition) is 4. The minimum Gasteiger partial charge on any atom is -0.484 e. The van der Waals surface area contributed by atoms with Crippen LogP contribution in [0.25, 0.3) is 0 Å². The number of unbranched alkanes of at least 4 members (excludes halogenated alkanes) is 2. The van der Waals surface area contributed by atoms with E-state index in [0.717, 1.165) is 25.9 Å². The van der Waals surface area contributed by atoms with Crippen molar-refractivity contribution in [1.29, 1.82) is 0 Å². The molecule has 0 fully saturated rings. The fourth-order valence-electron chi connectivity index (χ4n) is 1.66. The molecule has 0 aromatic carbocycles. The molecule has 4 nitrogen and oxygen atoms in total. The van der Waals surface area contributed by atoms with E-state index < -0.39 is 8.32 Å². The predicted molar refractivity (Wildman–Crippen MR) is 97.9 cm³/mol. The molecule has 0 N–H and O–H groups in total. The Kier molecular flexibility index (Phi) is 9.78. The van der Waals surface area contributed by atoms with Gasteiger partial charge < -0.3 is 13.9 Å². The summed E-state index contributed by atoms with van der Waals surface area (Å²) in [5.74, 6) is -0.0501. The minimum atomic E-state index is -1.65. The third-order valence-electron chi connectivity index (χ3n) is 4.04. The molecule has 0 unspecified atom stereocenters. The maximum atomic E-state index is 11.8. The number of ether oxygens (including phenoxy) is 2. The van der Waals surface area contributed by atoms with E-state index in [4.69, 9.17) is 13.9 Å². The van der Waals surface area contributed by atoms with Crippen LogP contribution in [0.3, 0.4) is 0 Å². The Morgan fingerprint density at radius 3 is 2.26 bits per heavy atom. The summed E-state index contributed by atoms with van der Waals surface area (Å²) in [5.41, 5.74) is 0. The van der Waals surface area contributed by atoms with Gasteiger partial charge >= 0.3 is 5.97 Å². The van der Waals surface area contributed by atoms with Crippen LogP contribution < -0.4 is 0 Å². The lowest BCUT2D eigenvalue weighted by atomic mass is 10.2. The quantitative estimate of drug-likeness (QED) is 0.183. The Balaban J connectivity index is 4.25. The summed E-state index contributed by atoms with van der Waals surface area (Å²) in [7, 11) is -1.65. The molecule has 0 radical (unpaired) electrons. The molecule has 0 spiro atoms. The molecule has 23 heavy (non-hydrogen) atoms. The molecular formula is C18H36O4Si. The average molecular weight is 345 g/mol. The fourth-order valence-corrected chi connectivity index (χ4v) is 2.75. The highest BCUT2D eigenvalue weighted by molar-refractivity contribution is 6.74. The Morgan fingerprint density at radius 2 is 1.78 bits per heavy atom. The van der Waals surface area contributed by atoms with Crippen molar-refractivity contribution in [1.82, 2.24) is 0 Å². The van der Waals surface area contributed by atoms with Crippen LogP contribution >= 0.6 is 0 Å². The molecule has 0 bridgehead atoms. The lowest BCUT2D eigenvalue weighted by Crippen LogP contribution is -2.40. The SMILES string of the molecule is CCOC(=O)/C(=C/CCCCO[Si](C)(C)C(C)(C)C)OC(C)C. The van der Waals surface area contributed by atoms with Crippen LogP contribution in [0.5, 0.6) is 0 Å². The molecule has 136 valence electrons. The van der Waals surface area contributed by atoms with Crippen molar-refractivity contribution in [2.24, 2.45) is 0 Å². The van der Waals surface area contributed by atoms with Crippen molar-refractivity contribution >= 4 is 14.3 Å². The van der Waals surface area contributed by atoms with Crippen molar-refractivity contribution in [2.45, 2.75) is 85.0 Å². The Bertz CT molecular complexity index is 381. The zero-order chi connectivity index (χ0) is 18.1. The lowest BCUT2D eigenvalue weighted by Gasteiger charge is -2.36. The Morgan fingerprint density at radius 1 is 1.17 bits per heavy atom. The van der Waals surface area contributed by atoms with Crippen LogP contribution in [0, 0.1) is 0 Å². The summed E-state index contributed by atoms with van der Waals surface area (Å²) in [5, 5.41) is 0.245. The molecule has 0 aliphatic heterocycles. The van der Waals surface area contributed by atoms with Crippen LogP contribution in [0.1, 0.15) is 60.8 Å². The second-order valence-corrected chi connectivity index (χ2v) is 12.4. The molecule has 0 aromatic rings. The summed E-state index contributed by atoms with van der Waals surface area (Å²) in [4.78, 5) is 11.8. The first-order valence-corrected chi connectivity index (χ1v) is 11.6. The molecule has 0 atom stereocenters. The van der Waals surface area contributed by atoms with Crippen molar-refractivity contribution in [2.75, 3.05) is 13.2 Å². The van der Waals surface area contributed by atoms with Gasteiger partial charge in [-0.05, 0) is 64.2 Å². The molecule has 0 aromatic heterocycles. The van der Waals surface area contributed by atoms with Gasteiger partial charge in [0, 0.05) is 6.61 Å². The third-order valence-corrected chi connectivity index (χ3v) is 8.57. The molecular weight excluding hydrogens is 308 g/mol. The molecule has 0 amide bonds. The van der Waals surface area contributed by atoms with Gasteiger partial charge in [0.1, 0.15) is 0 Å². The highest BCUT2D eigenvalue weighted by Crippen LogP contribution is 2.36. The standard InChI is InChI=1S/C18H36O4Si/c1-9-20-17(19)16(22-15(2)3)13-11-10-12-14-21-23(7,8)18(4,5)6/h13,15H,9-12,14H2,1-8H3/b16-13-. The van der Waals surface area contributed by atoms with Crippen molar-refractivity contribution in [3.8, 4) is 0 Å². The van der Waals surface area contributed by atoms with Gasteiger partial charge in [-0.15, -0.1) is 0 Å². The summed E-state index contributed by atoms with van der Waals surface area (Å²) in [6, 6.07) is 0. The van der Waals surface area contributed by atoms with E-state index in [-0.39, 0.29) is 17.1 Å². The van der Waals surface area contributed by atoms with E-state index in [1.54, 1.807) is 6.92 Å². The van der Waals surface area contributed by atoms with E-state index in [2.05, 4.69) is 33.9 Å². The van der Waals surface area contributed by atoms with Gasteiger partial charge in [0.2, 0.25) is 5.76 Å². The lowest BCUT2D eigenvalue weighted by molar-refractivity contribution is -0.143. The largest absolute Gasteiger partial charge is 0.484 e. The van der Waals surface area contributed by atoms with Crippen molar-refractivity contribution < 1.29 is 18.7 Å². The number of carbonyl (C=O) groups excluding carboxylic acids is 1. The average Bonchev–Trinajstić information content (AvgIpc) is 2.39. The van der Waals surface area contributed by atoms with E-state index in [1.807, 2.05) is 19.9 Å². The molecule has 0 aliphatic rings. The smallest absolute Gasteiger partial charge is 0.373 e. The van der Waals surface area contributed by atoms with Gasteiger partial charge in [-0.3, -0.25) is 0 Å². The van der Waals surface area contributed by atoms with Crippen molar-refractivity contribution in [3.05, 3.63) is 11.8 Å². The minimum absolute atomic E-state index is 0.0347. The summed E-state index contributed by atoms with van der Waals surface area (Å²) in [6.07, 6.45) is 4.55. The van der Waals surface area contributed by atoms with Crippen LogP contribution in [0.2, 0.25) is 18.1 Å². The number of esters is 1. The van der Waals surface area contributed by atoms with Gasteiger partial charge in [-0.1, -0.05) is 20.8 Å². The van der Waals surface area contributed by atoms with Crippen LogP contribution in [0.15, 0.2) is 11.8 Å². The molecule has 0 saturated heterocycles. The van der Waals surface area contributed by atoms with Gasteiger partial charge in [0.15, 0.2) is 8.32 Å². The molecule has 0 saturated carbocycles.